The predicted octanol–water partition coefficient (Wildman–Crippen LogP) is 3.64. The third-order valence-electron chi connectivity index (χ3n) is 4.20. The van der Waals surface area contributed by atoms with Crippen molar-refractivity contribution in [2.45, 2.75) is 51.5 Å². The van der Waals surface area contributed by atoms with E-state index in [1.54, 1.807) is 10.4 Å². The zero-order valence-corrected chi connectivity index (χ0v) is 13.9. The molecule has 2 aromatic heterocycles. The van der Waals surface area contributed by atoms with E-state index in [1.165, 1.54) is 42.5 Å². The van der Waals surface area contributed by atoms with E-state index in [4.69, 9.17) is 0 Å². The maximum absolute atomic E-state index is 4.30. The Morgan fingerprint density at radius 3 is 2.95 bits per heavy atom. The number of fused-ring (bicyclic) bond motifs is 1. The van der Waals surface area contributed by atoms with Gasteiger partial charge in [0.25, 0.3) is 0 Å². The van der Waals surface area contributed by atoms with Crippen LogP contribution in [-0.4, -0.2) is 16.3 Å². The molecule has 114 valence electrons. The molecule has 0 saturated carbocycles. The highest BCUT2D eigenvalue weighted by Crippen LogP contribution is 2.34. The first kappa shape index (κ1) is 14.8. The third kappa shape index (κ3) is 3.55. The highest BCUT2D eigenvalue weighted by molar-refractivity contribution is 7.12. The minimum atomic E-state index is 0.435. The van der Waals surface area contributed by atoms with E-state index < -0.39 is 0 Å². The summed E-state index contributed by atoms with van der Waals surface area (Å²) in [5.74, 6) is 0. The summed E-state index contributed by atoms with van der Waals surface area (Å²) >= 11 is 2.03. The maximum Gasteiger partial charge on any atom is 0.0522 e. The molecule has 0 fully saturated rings. The molecule has 2 heterocycles. The van der Waals surface area contributed by atoms with Crippen molar-refractivity contribution in [1.82, 2.24) is 15.1 Å². The fourth-order valence-electron chi connectivity index (χ4n) is 3.09. The lowest BCUT2D eigenvalue weighted by Gasteiger charge is -2.16. The number of aryl methyl sites for hydroxylation is 3. The molecule has 1 atom stereocenters. The number of aromatic nitrogens is 2. The van der Waals surface area contributed by atoms with Gasteiger partial charge < -0.3 is 5.32 Å². The van der Waals surface area contributed by atoms with Crippen molar-refractivity contribution >= 4 is 11.3 Å². The van der Waals surface area contributed by atoms with Crippen molar-refractivity contribution in [2.75, 3.05) is 6.54 Å². The monoisotopic (exact) mass is 303 g/mol. The summed E-state index contributed by atoms with van der Waals surface area (Å²) in [7, 11) is 1.99. The Hall–Kier alpha value is -1.13. The molecule has 0 bridgehead atoms. The van der Waals surface area contributed by atoms with Gasteiger partial charge in [-0.1, -0.05) is 6.92 Å². The Balaban J connectivity index is 1.79. The summed E-state index contributed by atoms with van der Waals surface area (Å²) < 4.78 is 1.89. The fourth-order valence-corrected chi connectivity index (χ4v) is 4.42. The Kier molecular flexibility index (Phi) is 4.76. The first-order valence-corrected chi connectivity index (χ1v) is 8.90. The van der Waals surface area contributed by atoms with Crippen LogP contribution in [0.2, 0.25) is 0 Å². The van der Waals surface area contributed by atoms with Crippen LogP contribution in [0.1, 0.15) is 53.1 Å². The Bertz CT molecular complexity index is 561. The fraction of sp³-hybridized carbons (Fsp3) is 0.588. The normalized spacial score (nSPS) is 15.9. The van der Waals surface area contributed by atoms with Crippen LogP contribution in [0.25, 0.3) is 0 Å². The van der Waals surface area contributed by atoms with Crippen molar-refractivity contribution in [3.63, 3.8) is 0 Å². The van der Waals surface area contributed by atoms with Gasteiger partial charge >= 0.3 is 0 Å². The van der Waals surface area contributed by atoms with Crippen LogP contribution in [-0.2, 0) is 26.3 Å². The SMILES string of the molecule is CCCNC(Cc1cnn(C)c1)c1cc2c(s1)CCCC2. The summed E-state index contributed by atoms with van der Waals surface area (Å²) in [4.78, 5) is 3.14. The molecule has 3 rings (SSSR count). The topological polar surface area (TPSA) is 29.9 Å². The molecular formula is C17H25N3S. The zero-order valence-electron chi connectivity index (χ0n) is 13.1. The van der Waals surface area contributed by atoms with Gasteiger partial charge in [-0.2, -0.15) is 5.10 Å². The van der Waals surface area contributed by atoms with E-state index >= 15 is 0 Å². The van der Waals surface area contributed by atoms with Crippen LogP contribution in [0.3, 0.4) is 0 Å². The van der Waals surface area contributed by atoms with Crippen molar-refractivity contribution < 1.29 is 0 Å². The summed E-state index contributed by atoms with van der Waals surface area (Å²) in [6.45, 7) is 3.31. The molecule has 1 unspecified atom stereocenters. The molecule has 1 aliphatic rings. The molecule has 2 aromatic rings. The third-order valence-corrected chi connectivity index (χ3v) is 5.55. The number of nitrogens with zero attached hydrogens (tertiary/aromatic N) is 2. The zero-order chi connectivity index (χ0) is 14.7. The van der Waals surface area contributed by atoms with Crippen molar-refractivity contribution in [3.8, 4) is 0 Å². The second kappa shape index (κ2) is 6.75. The van der Waals surface area contributed by atoms with E-state index in [9.17, 15) is 0 Å². The van der Waals surface area contributed by atoms with E-state index in [0.29, 0.717) is 6.04 Å². The number of rotatable bonds is 6. The molecular weight excluding hydrogens is 278 g/mol. The number of thiophene rings is 1. The number of nitrogens with one attached hydrogen (secondary N) is 1. The van der Waals surface area contributed by atoms with Crippen LogP contribution in [0, 0.1) is 0 Å². The first-order valence-electron chi connectivity index (χ1n) is 8.08. The molecule has 21 heavy (non-hydrogen) atoms. The van der Waals surface area contributed by atoms with Crippen LogP contribution in [0.4, 0.5) is 0 Å². The summed E-state index contributed by atoms with van der Waals surface area (Å²) in [6, 6.07) is 2.90. The summed E-state index contributed by atoms with van der Waals surface area (Å²) in [6.07, 6.45) is 11.6. The average molecular weight is 303 g/mol. The molecule has 0 aliphatic heterocycles. The lowest BCUT2D eigenvalue weighted by molar-refractivity contribution is 0.536. The van der Waals surface area contributed by atoms with E-state index in [-0.39, 0.29) is 0 Å². The van der Waals surface area contributed by atoms with Crippen LogP contribution >= 0.6 is 11.3 Å². The van der Waals surface area contributed by atoms with E-state index in [2.05, 4.69) is 29.6 Å². The molecule has 0 amide bonds. The molecule has 4 heteroatoms. The van der Waals surface area contributed by atoms with Gasteiger partial charge in [0.05, 0.1) is 6.20 Å². The van der Waals surface area contributed by atoms with Crippen LogP contribution in [0.5, 0.6) is 0 Å². The minimum Gasteiger partial charge on any atom is -0.309 e. The minimum absolute atomic E-state index is 0.435. The van der Waals surface area contributed by atoms with Crippen LogP contribution in [0.15, 0.2) is 18.5 Å². The molecule has 1 aliphatic carbocycles. The highest BCUT2D eigenvalue weighted by atomic mass is 32.1. The first-order chi connectivity index (χ1) is 10.3. The van der Waals surface area contributed by atoms with Gasteiger partial charge in [-0.05, 0) is 62.3 Å². The molecule has 0 radical (unpaired) electrons. The second-order valence-electron chi connectivity index (χ2n) is 6.04. The molecule has 0 saturated heterocycles. The molecule has 0 spiro atoms. The highest BCUT2D eigenvalue weighted by Gasteiger charge is 2.19. The Morgan fingerprint density at radius 2 is 2.24 bits per heavy atom. The van der Waals surface area contributed by atoms with Gasteiger partial charge in [-0.15, -0.1) is 11.3 Å². The van der Waals surface area contributed by atoms with Crippen molar-refractivity contribution in [1.29, 1.82) is 0 Å². The maximum atomic E-state index is 4.30. The lowest BCUT2D eigenvalue weighted by Crippen LogP contribution is -2.23. The van der Waals surface area contributed by atoms with Gasteiger partial charge in [0.1, 0.15) is 0 Å². The lowest BCUT2D eigenvalue weighted by atomic mass is 9.98. The van der Waals surface area contributed by atoms with Gasteiger partial charge in [0, 0.05) is 29.0 Å². The Labute approximate surface area is 131 Å². The summed E-state index contributed by atoms with van der Waals surface area (Å²) in [5.41, 5.74) is 2.92. The Morgan fingerprint density at radius 1 is 1.38 bits per heavy atom. The van der Waals surface area contributed by atoms with Crippen LogP contribution < -0.4 is 5.32 Å². The second-order valence-corrected chi connectivity index (χ2v) is 7.21. The van der Waals surface area contributed by atoms with Gasteiger partial charge in [-0.3, -0.25) is 4.68 Å². The largest absolute Gasteiger partial charge is 0.309 e. The number of hydrogen-bond acceptors (Lipinski definition) is 3. The quantitative estimate of drug-likeness (QED) is 0.883. The van der Waals surface area contributed by atoms with Crippen molar-refractivity contribution in [3.05, 3.63) is 39.3 Å². The molecule has 3 nitrogen and oxygen atoms in total. The smallest absolute Gasteiger partial charge is 0.0522 e. The van der Waals surface area contributed by atoms with Crippen molar-refractivity contribution in [2.24, 2.45) is 7.05 Å². The number of hydrogen-bond donors (Lipinski definition) is 1. The van der Waals surface area contributed by atoms with E-state index in [0.717, 1.165) is 13.0 Å². The standard InChI is InChI=1S/C17H25N3S/c1-3-8-18-15(9-13-11-19-20(2)12-13)17-10-14-6-4-5-7-16(14)21-17/h10-12,15,18H,3-9H2,1-2H3. The van der Waals surface area contributed by atoms with E-state index in [1.807, 2.05) is 29.3 Å². The van der Waals surface area contributed by atoms with Gasteiger partial charge in [0.15, 0.2) is 0 Å². The predicted molar refractivity (Wildman–Crippen MR) is 88.9 cm³/mol. The summed E-state index contributed by atoms with van der Waals surface area (Å²) in [5, 5.41) is 8.03. The average Bonchev–Trinajstić information content (AvgIpc) is 3.09. The molecule has 0 aromatic carbocycles. The van der Waals surface area contributed by atoms with Gasteiger partial charge in [0.2, 0.25) is 0 Å². The molecule has 1 N–H and O–H groups in total. The van der Waals surface area contributed by atoms with Gasteiger partial charge in [-0.25, -0.2) is 0 Å².